The minimum absolute atomic E-state index is 0.0524. The number of rotatable bonds is 9. The number of nitrogens with zero attached hydrogens (tertiary/aromatic N) is 1. The van der Waals surface area contributed by atoms with Gasteiger partial charge in [-0.3, -0.25) is 9.59 Å². The molecule has 0 spiro atoms. The first-order chi connectivity index (χ1) is 24.0. The summed E-state index contributed by atoms with van der Waals surface area (Å²) in [5.74, 6) is 5.64. The number of aromatic nitrogens is 1. The van der Waals surface area contributed by atoms with Gasteiger partial charge < -0.3 is 9.47 Å². The maximum atomic E-state index is 13.6. The fourth-order valence-corrected chi connectivity index (χ4v) is 11.0. The molecule has 0 bridgehead atoms. The van der Waals surface area contributed by atoms with E-state index in [0.717, 1.165) is 102 Å². The molecular weight excluding hydrogens is 627 g/mol. The van der Waals surface area contributed by atoms with E-state index < -0.39 is 0 Å². The van der Waals surface area contributed by atoms with Crippen LogP contribution in [0.25, 0.3) is 20.8 Å². The molecule has 0 saturated heterocycles. The lowest BCUT2D eigenvalue weighted by Gasteiger charge is -2.37. The number of esters is 2. The van der Waals surface area contributed by atoms with Crippen molar-refractivity contribution in [3.8, 4) is 22.1 Å². The molecular formula is C43H57NO4S. The lowest BCUT2D eigenvalue weighted by molar-refractivity contribution is -0.141. The lowest BCUT2D eigenvalue weighted by atomic mass is 9.69. The molecule has 3 aromatic rings. The van der Waals surface area contributed by atoms with Crippen molar-refractivity contribution in [1.29, 1.82) is 0 Å². The first-order valence-electron chi connectivity index (χ1n) is 19.9. The zero-order chi connectivity index (χ0) is 33.7. The molecule has 0 radical (unpaired) electrons. The van der Waals surface area contributed by atoms with Gasteiger partial charge in [0.2, 0.25) is 0 Å². The molecule has 5 nitrogen and oxygen atoms in total. The van der Waals surface area contributed by atoms with Crippen LogP contribution in [0.1, 0.15) is 129 Å². The van der Waals surface area contributed by atoms with Gasteiger partial charge in [0.25, 0.3) is 0 Å². The molecule has 4 saturated carbocycles. The second kappa shape index (κ2) is 16.1. The molecule has 0 atom stereocenters. The number of para-hydroxylation sites is 1. The van der Waals surface area contributed by atoms with Crippen LogP contribution < -0.4 is 9.47 Å². The van der Waals surface area contributed by atoms with Gasteiger partial charge in [-0.05, 0) is 143 Å². The summed E-state index contributed by atoms with van der Waals surface area (Å²) in [4.78, 5) is 31.9. The third kappa shape index (κ3) is 8.26. The van der Waals surface area contributed by atoms with E-state index in [1.54, 1.807) is 17.4 Å². The van der Waals surface area contributed by atoms with Crippen LogP contribution in [0.15, 0.2) is 42.5 Å². The number of ether oxygens (including phenoxy) is 2. The molecule has 0 unspecified atom stereocenters. The number of fused-ring (bicyclic) bond motifs is 1. The maximum Gasteiger partial charge on any atom is 0.314 e. The highest BCUT2D eigenvalue weighted by atomic mass is 32.1. The molecule has 7 rings (SSSR count). The summed E-state index contributed by atoms with van der Waals surface area (Å²) in [6, 6.07) is 13.5. The van der Waals surface area contributed by atoms with E-state index in [2.05, 4.69) is 19.9 Å². The Morgan fingerprint density at radius 3 is 1.63 bits per heavy atom. The van der Waals surface area contributed by atoms with Crippen LogP contribution >= 0.6 is 11.3 Å². The second-order valence-corrected chi connectivity index (χ2v) is 17.1. The lowest BCUT2D eigenvalue weighted by Crippen LogP contribution is -2.30. The van der Waals surface area contributed by atoms with Crippen molar-refractivity contribution in [2.24, 2.45) is 47.3 Å². The number of hydrogen-bond donors (Lipinski definition) is 0. The van der Waals surface area contributed by atoms with Gasteiger partial charge in [-0.1, -0.05) is 64.5 Å². The Bertz CT molecular complexity index is 1520. The third-order valence-electron chi connectivity index (χ3n) is 13.4. The number of thiazole rings is 1. The molecule has 0 aliphatic heterocycles. The Labute approximate surface area is 298 Å². The SMILES string of the molecule is CCC1CCC(C2CCC(C(=O)Oc3ccc(OC(=O)C4CCC(C5CCC(CC)CC5)CC4)c(-c4nc5ccccc5s4)c3)CC2)CC1. The minimum atomic E-state index is -0.139. The molecule has 264 valence electrons. The zero-order valence-corrected chi connectivity index (χ0v) is 30.7. The minimum Gasteiger partial charge on any atom is -0.426 e. The number of hydrogen-bond acceptors (Lipinski definition) is 6. The molecule has 0 N–H and O–H groups in total. The van der Waals surface area contributed by atoms with Gasteiger partial charge in [-0.2, -0.15) is 0 Å². The summed E-state index contributed by atoms with van der Waals surface area (Å²) in [5, 5.41) is 0.770. The van der Waals surface area contributed by atoms with Crippen molar-refractivity contribution in [2.75, 3.05) is 0 Å². The molecule has 1 heterocycles. The van der Waals surface area contributed by atoms with Gasteiger partial charge in [-0.25, -0.2) is 4.98 Å². The molecule has 2 aromatic carbocycles. The van der Waals surface area contributed by atoms with Gasteiger partial charge in [0.1, 0.15) is 16.5 Å². The molecule has 4 aliphatic rings. The average Bonchev–Trinajstić information content (AvgIpc) is 3.60. The molecule has 0 amide bonds. The zero-order valence-electron chi connectivity index (χ0n) is 29.9. The summed E-state index contributed by atoms with van der Waals surface area (Å²) in [5.41, 5.74) is 1.63. The first kappa shape index (κ1) is 34.7. The van der Waals surface area contributed by atoms with E-state index in [0.29, 0.717) is 17.1 Å². The van der Waals surface area contributed by atoms with Crippen LogP contribution in [0.4, 0.5) is 0 Å². The highest BCUT2D eigenvalue weighted by Crippen LogP contribution is 2.45. The summed E-state index contributed by atoms with van der Waals surface area (Å²) >= 11 is 1.57. The Morgan fingerprint density at radius 2 is 1.12 bits per heavy atom. The van der Waals surface area contributed by atoms with Gasteiger partial charge >= 0.3 is 11.9 Å². The van der Waals surface area contributed by atoms with E-state index in [9.17, 15) is 9.59 Å². The average molecular weight is 684 g/mol. The summed E-state index contributed by atoms with van der Waals surface area (Å²) < 4.78 is 13.3. The quantitative estimate of drug-likeness (QED) is 0.166. The van der Waals surface area contributed by atoms with Crippen LogP contribution in [0.5, 0.6) is 11.5 Å². The largest absolute Gasteiger partial charge is 0.426 e. The van der Waals surface area contributed by atoms with E-state index in [1.807, 2.05) is 30.3 Å². The monoisotopic (exact) mass is 683 g/mol. The number of carbonyl (C=O) groups excluding carboxylic acids is 2. The fraction of sp³-hybridized carbons (Fsp3) is 0.651. The Balaban J connectivity index is 0.994. The van der Waals surface area contributed by atoms with Crippen LogP contribution in [0.3, 0.4) is 0 Å². The Morgan fingerprint density at radius 1 is 0.633 bits per heavy atom. The van der Waals surface area contributed by atoms with Crippen LogP contribution in [0, 0.1) is 47.3 Å². The topological polar surface area (TPSA) is 65.5 Å². The molecule has 1 aromatic heterocycles. The summed E-state index contributed by atoms with van der Waals surface area (Å²) in [6.45, 7) is 4.66. The highest BCUT2D eigenvalue weighted by Gasteiger charge is 2.35. The second-order valence-electron chi connectivity index (χ2n) is 16.1. The Hall–Kier alpha value is -2.73. The van der Waals surface area contributed by atoms with E-state index in [-0.39, 0.29) is 23.8 Å². The van der Waals surface area contributed by atoms with Gasteiger partial charge in [0, 0.05) is 0 Å². The van der Waals surface area contributed by atoms with E-state index >= 15 is 0 Å². The first-order valence-corrected chi connectivity index (χ1v) is 20.7. The fourth-order valence-electron chi connectivity index (χ4n) is 10.00. The summed E-state index contributed by atoms with van der Waals surface area (Å²) in [7, 11) is 0. The number of benzene rings is 2. The maximum absolute atomic E-state index is 13.6. The molecule has 4 fully saturated rings. The predicted molar refractivity (Wildman–Crippen MR) is 199 cm³/mol. The van der Waals surface area contributed by atoms with Crippen molar-refractivity contribution in [3.05, 3.63) is 42.5 Å². The highest BCUT2D eigenvalue weighted by molar-refractivity contribution is 7.21. The van der Waals surface area contributed by atoms with Crippen LogP contribution in [-0.4, -0.2) is 16.9 Å². The van der Waals surface area contributed by atoms with Gasteiger partial charge in [-0.15, -0.1) is 11.3 Å². The standard InChI is InChI=1S/C43H57NO4S/c1-3-28-9-13-30(14-10-28)32-17-21-34(22-18-32)42(45)47-36-25-26-39(37(27-36)41-44-38-7-5-6-8-40(38)49-41)48-43(46)35-23-19-33(20-24-35)31-15-11-29(4-2)12-16-31/h5-8,25-35H,3-4,9-24H2,1-2H3. The number of carbonyl (C=O) groups is 2. The normalized spacial score (nSPS) is 30.9. The van der Waals surface area contributed by atoms with Crippen molar-refractivity contribution < 1.29 is 19.1 Å². The Kier molecular flexibility index (Phi) is 11.4. The van der Waals surface area contributed by atoms with E-state index in [1.165, 1.54) is 64.2 Å². The van der Waals surface area contributed by atoms with Gasteiger partial charge in [0.05, 0.1) is 27.6 Å². The molecule has 49 heavy (non-hydrogen) atoms. The smallest absolute Gasteiger partial charge is 0.314 e. The van der Waals surface area contributed by atoms with Crippen LogP contribution in [0.2, 0.25) is 0 Å². The summed E-state index contributed by atoms with van der Waals surface area (Å²) in [6.07, 6.45) is 21.8. The van der Waals surface area contributed by atoms with Crippen molar-refractivity contribution in [3.63, 3.8) is 0 Å². The molecule has 6 heteroatoms. The predicted octanol–water partition coefficient (Wildman–Crippen LogP) is 11.8. The van der Waals surface area contributed by atoms with Crippen molar-refractivity contribution in [1.82, 2.24) is 4.98 Å². The van der Waals surface area contributed by atoms with Gasteiger partial charge in [0.15, 0.2) is 0 Å². The van der Waals surface area contributed by atoms with E-state index in [4.69, 9.17) is 14.5 Å². The van der Waals surface area contributed by atoms with Crippen molar-refractivity contribution in [2.45, 2.75) is 129 Å². The third-order valence-corrected chi connectivity index (χ3v) is 14.5. The van der Waals surface area contributed by atoms with Crippen molar-refractivity contribution >= 4 is 33.5 Å². The molecule has 4 aliphatic carbocycles. The van der Waals surface area contributed by atoms with Crippen LogP contribution in [-0.2, 0) is 9.59 Å².